The van der Waals surface area contributed by atoms with Crippen molar-refractivity contribution in [2.24, 2.45) is 0 Å². The van der Waals surface area contributed by atoms with Gasteiger partial charge in [-0.15, -0.1) is 30.7 Å². The summed E-state index contributed by atoms with van der Waals surface area (Å²) in [5.41, 5.74) is -2.27. The van der Waals surface area contributed by atoms with Gasteiger partial charge < -0.3 is 18.6 Å². The van der Waals surface area contributed by atoms with Gasteiger partial charge in [0, 0.05) is 23.1 Å². The SMILES string of the molecule is COc1ccc(-c2cc3ccc(OCC(F)(F)OC(F)(F)OC(F)(F)OF)cc3oc2=O)c(OC(F)(F)F)c1. The van der Waals surface area contributed by atoms with Crippen LogP contribution in [0, 0.1) is 0 Å². The smallest absolute Gasteiger partial charge is 0.497 e. The summed E-state index contributed by atoms with van der Waals surface area (Å²) in [6, 6.07) is 7.17. The Bertz CT molecular complexity index is 1370. The summed E-state index contributed by atoms with van der Waals surface area (Å²) in [5.74, 6) is -1.36. The minimum Gasteiger partial charge on any atom is -0.497 e. The monoisotopic (exact) mass is 582 g/mol. The minimum absolute atomic E-state index is 0.0282. The summed E-state index contributed by atoms with van der Waals surface area (Å²) in [6.07, 6.45) is -21.5. The van der Waals surface area contributed by atoms with Crippen molar-refractivity contribution in [2.75, 3.05) is 13.7 Å². The molecule has 39 heavy (non-hydrogen) atoms. The van der Waals surface area contributed by atoms with Crippen molar-refractivity contribution < 1.29 is 77.1 Å². The first-order chi connectivity index (χ1) is 17.9. The maximum atomic E-state index is 13.7. The van der Waals surface area contributed by atoms with E-state index in [9.17, 15) is 48.8 Å². The van der Waals surface area contributed by atoms with Gasteiger partial charge in [-0.25, -0.2) is 14.3 Å². The molecule has 214 valence electrons. The van der Waals surface area contributed by atoms with E-state index in [0.29, 0.717) is 0 Å². The maximum absolute atomic E-state index is 13.7. The molecule has 0 radical (unpaired) electrons. The second-order valence-corrected chi connectivity index (χ2v) is 7.19. The summed E-state index contributed by atoms with van der Waals surface area (Å²) < 4.78 is 152. The summed E-state index contributed by atoms with van der Waals surface area (Å²) in [4.78, 5) is 14.3. The second kappa shape index (κ2) is 10.8. The number of halogens is 10. The molecule has 3 rings (SSSR count). The van der Waals surface area contributed by atoms with E-state index in [1.807, 2.05) is 0 Å². The Morgan fingerprint density at radius 2 is 1.46 bits per heavy atom. The Hall–Kier alpha value is -3.77. The van der Waals surface area contributed by atoms with Gasteiger partial charge in [0.15, 0.2) is 6.61 Å². The van der Waals surface area contributed by atoms with Crippen LogP contribution in [-0.2, 0) is 14.4 Å². The van der Waals surface area contributed by atoms with Crippen molar-refractivity contribution in [3.8, 4) is 28.4 Å². The molecule has 0 bridgehead atoms. The zero-order valence-electron chi connectivity index (χ0n) is 18.8. The molecule has 0 saturated carbocycles. The number of hydrogen-bond donors (Lipinski definition) is 0. The van der Waals surface area contributed by atoms with Crippen LogP contribution in [0.1, 0.15) is 0 Å². The predicted molar refractivity (Wildman–Crippen MR) is 106 cm³/mol. The highest BCUT2D eigenvalue weighted by molar-refractivity contribution is 5.84. The molecule has 1 aromatic heterocycles. The first-order valence-electron chi connectivity index (χ1n) is 9.91. The van der Waals surface area contributed by atoms with Gasteiger partial charge in [-0.3, -0.25) is 0 Å². The Labute approximate surface area is 209 Å². The van der Waals surface area contributed by atoms with Crippen molar-refractivity contribution in [1.82, 2.24) is 0 Å². The number of fused-ring (bicyclic) bond motifs is 1. The molecule has 1 heterocycles. The molecule has 0 amide bonds. The molecule has 0 aliphatic carbocycles. The molecule has 0 N–H and O–H groups in total. The maximum Gasteiger partial charge on any atom is 0.573 e. The van der Waals surface area contributed by atoms with Crippen LogP contribution < -0.4 is 19.8 Å². The van der Waals surface area contributed by atoms with Crippen LogP contribution in [0.3, 0.4) is 0 Å². The average Bonchev–Trinajstić information content (AvgIpc) is 2.80. The summed E-state index contributed by atoms with van der Waals surface area (Å²) in [5, 5.41) is 0.0436. The lowest BCUT2D eigenvalue weighted by molar-refractivity contribution is -0.577. The van der Waals surface area contributed by atoms with Gasteiger partial charge in [-0.05, 0) is 34.9 Å². The lowest BCUT2D eigenvalue weighted by Crippen LogP contribution is -2.43. The molecule has 0 atom stereocenters. The van der Waals surface area contributed by atoms with Gasteiger partial charge in [-0.1, -0.05) is 4.94 Å². The van der Waals surface area contributed by atoms with Gasteiger partial charge in [-0.2, -0.15) is 8.78 Å². The van der Waals surface area contributed by atoms with Crippen LogP contribution in [0.5, 0.6) is 17.2 Å². The number of alkyl halides is 9. The third kappa shape index (κ3) is 8.11. The Morgan fingerprint density at radius 1 is 0.795 bits per heavy atom. The van der Waals surface area contributed by atoms with E-state index in [1.165, 1.54) is 13.2 Å². The topological polar surface area (TPSA) is 85.6 Å². The Balaban J connectivity index is 1.84. The van der Waals surface area contributed by atoms with Gasteiger partial charge in [0.1, 0.15) is 22.8 Å². The quantitative estimate of drug-likeness (QED) is 0.147. The number of benzene rings is 2. The van der Waals surface area contributed by atoms with Crippen molar-refractivity contribution in [2.45, 2.75) is 25.1 Å². The lowest BCUT2D eigenvalue weighted by Gasteiger charge is -2.24. The van der Waals surface area contributed by atoms with E-state index in [0.717, 1.165) is 36.4 Å². The van der Waals surface area contributed by atoms with Crippen molar-refractivity contribution >= 4 is 11.0 Å². The van der Waals surface area contributed by atoms with Crippen LogP contribution in [0.2, 0.25) is 0 Å². The zero-order valence-corrected chi connectivity index (χ0v) is 18.8. The highest BCUT2D eigenvalue weighted by Crippen LogP contribution is 2.37. The third-order valence-electron chi connectivity index (χ3n) is 4.41. The van der Waals surface area contributed by atoms with E-state index in [2.05, 4.69) is 18.9 Å². The molecule has 0 unspecified atom stereocenters. The van der Waals surface area contributed by atoms with Crippen LogP contribution >= 0.6 is 0 Å². The fourth-order valence-electron chi connectivity index (χ4n) is 2.98. The zero-order chi connectivity index (χ0) is 29.2. The molecule has 0 aliphatic heterocycles. The molecule has 8 nitrogen and oxygen atoms in total. The number of ether oxygens (including phenoxy) is 5. The molecule has 0 spiro atoms. The van der Waals surface area contributed by atoms with Gasteiger partial charge in [0.25, 0.3) is 0 Å². The third-order valence-corrected chi connectivity index (χ3v) is 4.41. The van der Waals surface area contributed by atoms with Crippen LogP contribution in [-0.4, -0.2) is 38.8 Å². The fraction of sp³-hybridized carbons (Fsp3) is 0.286. The normalized spacial score (nSPS) is 13.0. The number of rotatable bonds is 11. The predicted octanol–water partition coefficient (Wildman–Crippen LogP) is 6.37. The summed E-state index contributed by atoms with van der Waals surface area (Å²) in [7, 11) is 1.18. The summed E-state index contributed by atoms with van der Waals surface area (Å²) >= 11 is 0. The van der Waals surface area contributed by atoms with Crippen LogP contribution in [0.4, 0.5) is 44.0 Å². The first-order valence-corrected chi connectivity index (χ1v) is 9.91. The van der Waals surface area contributed by atoms with E-state index >= 15 is 0 Å². The van der Waals surface area contributed by atoms with Crippen molar-refractivity contribution in [3.05, 3.63) is 52.9 Å². The molecule has 0 aliphatic rings. The van der Waals surface area contributed by atoms with Gasteiger partial charge >= 0.3 is 30.7 Å². The highest BCUT2D eigenvalue weighted by atomic mass is 19.4. The second-order valence-electron chi connectivity index (χ2n) is 7.19. The molecular formula is C21H12F10O8. The average molecular weight is 582 g/mol. The minimum atomic E-state index is -5.73. The first kappa shape index (κ1) is 29.8. The van der Waals surface area contributed by atoms with E-state index in [4.69, 9.17) is 9.15 Å². The van der Waals surface area contributed by atoms with E-state index < -0.39 is 54.4 Å². The van der Waals surface area contributed by atoms with E-state index in [-0.39, 0.29) is 22.3 Å². The Morgan fingerprint density at radius 3 is 2.08 bits per heavy atom. The molecule has 0 saturated heterocycles. The van der Waals surface area contributed by atoms with Gasteiger partial charge in [0.05, 0.1) is 12.7 Å². The van der Waals surface area contributed by atoms with E-state index in [1.54, 1.807) is 4.94 Å². The van der Waals surface area contributed by atoms with Crippen molar-refractivity contribution in [3.63, 3.8) is 0 Å². The molecule has 2 aromatic carbocycles. The number of methoxy groups -OCH3 is 1. The van der Waals surface area contributed by atoms with Crippen LogP contribution in [0.15, 0.2) is 51.7 Å². The standard InChI is InChI=1S/C21H12F10O8/c1-33-11-4-5-13(16(7-11)36-19(24,25)26)14-6-10-2-3-12(8-15(10)35-17(14)32)34-9-18(22,23)37-20(27,28)38-21(29,30)39-31/h2-8H,9H2,1H3. The fourth-order valence-corrected chi connectivity index (χ4v) is 2.98. The molecule has 3 aromatic rings. The Kier molecular flexibility index (Phi) is 8.23. The van der Waals surface area contributed by atoms with Crippen LogP contribution in [0.25, 0.3) is 22.1 Å². The largest absolute Gasteiger partial charge is 0.573 e. The summed E-state index contributed by atoms with van der Waals surface area (Å²) in [6.45, 7) is -2.02. The molecule has 0 fully saturated rings. The number of hydrogen-bond acceptors (Lipinski definition) is 8. The molecular weight excluding hydrogens is 570 g/mol. The van der Waals surface area contributed by atoms with Gasteiger partial charge in [0.2, 0.25) is 0 Å². The highest BCUT2D eigenvalue weighted by Gasteiger charge is 2.54. The lowest BCUT2D eigenvalue weighted by atomic mass is 10.0. The van der Waals surface area contributed by atoms with Crippen molar-refractivity contribution in [1.29, 1.82) is 0 Å². The molecule has 18 heteroatoms.